The highest BCUT2D eigenvalue weighted by Gasteiger charge is 2.24. The third-order valence-corrected chi connectivity index (χ3v) is 2.36. The molecule has 11 heavy (non-hydrogen) atoms. The van der Waals surface area contributed by atoms with Gasteiger partial charge in [-0.2, -0.15) is 0 Å². The molecule has 0 heteroatoms. The van der Waals surface area contributed by atoms with E-state index >= 15 is 0 Å². The molecule has 1 aromatic carbocycles. The fourth-order valence-electron chi connectivity index (χ4n) is 1.59. The van der Waals surface area contributed by atoms with E-state index in [1.165, 1.54) is 29.5 Å². The minimum absolute atomic E-state index is 0.867. The zero-order chi connectivity index (χ0) is 7.84. The summed E-state index contributed by atoms with van der Waals surface area (Å²) in [7, 11) is 0. The van der Waals surface area contributed by atoms with E-state index in [0.29, 0.717) is 0 Å². The Morgan fingerprint density at radius 2 is 2.09 bits per heavy atom. The lowest BCUT2D eigenvalue weighted by molar-refractivity contribution is 1.09. The van der Waals surface area contributed by atoms with Gasteiger partial charge in [-0.15, -0.1) is 0 Å². The second kappa shape index (κ2) is 2.37. The largest absolute Gasteiger partial charge is 0.0555 e. The van der Waals surface area contributed by atoms with Crippen molar-refractivity contribution >= 4 is 0 Å². The smallest absolute Gasteiger partial charge is 0.0149 e. The zero-order valence-electron chi connectivity index (χ0n) is 7.15. The maximum atomic E-state index is 3.26. The van der Waals surface area contributed by atoms with Crippen LogP contribution in [0.25, 0.3) is 0 Å². The summed E-state index contributed by atoms with van der Waals surface area (Å²) in [6.07, 6.45) is 2.77. The Kier molecular flexibility index (Phi) is 1.49. The van der Waals surface area contributed by atoms with Gasteiger partial charge in [0.2, 0.25) is 0 Å². The van der Waals surface area contributed by atoms with Crippen molar-refractivity contribution in [2.24, 2.45) is 0 Å². The highest BCUT2D eigenvalue weighted by Crippen LogP contribution is 2.41. The van der Waals surface area contributed by atoms with Gasteiger partial charge in [0.1, 0.15) is 0 Å². The Hall–Kier alpha value is -0.780. The van der Waals surface area contributed by atoms with Crippen molar-refractivity contribution in [1.82, 2.24) is 0 Å². The summed E-state index contributed by atoms with van der Waals surface area (Å²) in [5.41, 5.74) is 4.23. The topological polar surface area (TPSA) is 0 Å². The van der Waals surface area contributed by atoms with Crippen LogP contribution in [0.3, 0.4) is 0 Å². The molecule has 1 aliphatic carbocycles. The third-order valence-electron chi connectivity index (χ3n) is 2.36. The van der Waals surface area contributed by atoms with Crippen LogP contribution in [0, 0.1) is 19.9 Å². The van der Waals surface area contributed by atoms with Gasteiger partial charge in [0.05, 0.1) is 0 Å². The van der Waals surface area contributed by atoms with Crippen LogP contribution in [0.2, 0.25) is 0 Å². The van der Waals surface area contributed by atoms with Crippen molar-refractivity contribution in [3.8, 4) is 0 Å². The van der Waals surface area contributed by atoms with Crippen molar-refractivity contribution in [2.45, 2.75) is 32.6 Å². The van der Waals surface area contributed by atoms with Gasteiger partial charge in [0.15, 0.2) is 0 Å². The summed E-state index contributed by atoms with van der Waals surface area (Å²) < 4.78 is 0. The molecule has 0 aliphatic heterocycles. The molecule has 57 valence electrons. The maximum absolute atomic E-state index is 3.26. The van der Waals surface area contributed by atoms with Crippen molar-refractivity contribution in [2.75, 3.05) is 0 Å². The molecule has 0 heterocycles. The lowest BCUT2D eigenvalue weighted by atomic mass is 10.0. The molecule has 1 fully saturated rings. The van der Waals surface area contributed by atoms with Gasteiger partial charge in [-0.25, -0.2) is 0 Å². The van der Waals surface area contributed by atoms with E-state index in [2.05, 4.69) is 32.0 Å². The number of hydrogen-bond acceptors (Lipinski definition) is 0. The quantitative estimate of drug-likeness (QED) is 0.570. The monoisotopic (exact) mass is 145 g/mol. The molecule has 0 atom stereocenters. The third kappa shape index (κ3) is 1.30. The molecule has 0 spiro atoms. The van der Waals surface area contributed by atoms with Crippen LogP contribution in [-0.4, -0.2) is 0 Å². The molecule has 0 amide bonds. The van der Waals surface area contributed by atoms with Gasteiger partial charge in [-0.05, 0) is 55.4 Å². The molecule has 0 N–H and O–H groups in total. The fourth-order valence-corrected chi connectivity index (χ4v) is 1.59. The second-order valence-corrected chi connectivity index (χ2v) is 3.53. The average Bonchev–Trinajstić information content (AvgIpc) is 2.70. The first-order valence-electron chi connectivity index (χ1n) is 4.26. The van der Waals surface area contributed by atoms with Crippen molar-refractivity contribution in [3.63, 3.8) is 0 Å². The van der Waals surface area contributed by atoms with E-state index in [4.69, 9.17) is 0 Å². The predicted molar refractivity (Wildman–Crippen MR) is 46.7 cm³/mol. The van der Waals surface area contributed by atoms with E-state index in [1.807, 2.05) is 0 Å². The molecule has 0 nitrogen and oxygen atoms in total. The van der Waals surface area contributed by atoms with Gasteiger partial charge in [-0.1, -0.05) is 12.1 Å². The van der Waals surface area contributed by atoms with E-state index < -0.39 is 0 Å². The van der Waals surface area contributed by atoms with Crippen LogP contribution in [-0.2, 0) is 0 Å². The van der Waals surface area contributed by atoms with E-state index in [-0.39, 0.29) is 0 Å². The normalized spacial score (nSPS) is 16.9. The van der Waals surface area contributed by atoms with Crippen molar-refractivity contribution in [1.29, 1.82) is 0 Å². The van der Waals surface area contributed by atoms with Crippen LogP contribution in [0.15, 0.2) is 12.1 Å². The minimum Gasteiger partial charge on any atom is -0.0555 e. The summed E-state index contributed by atoms with van der Waals surface area (Å²) in [6.45, 7) is 4.30. The SMILES string of the molecule is Cc1[c]cc(C2CC2)c(C)c1. The molecule has 1 radical (unpaired) electrons. The molecular formula is C11H13. The van der Waals surface area contributed by atoms with Crippen LogP contribution in [0.1, 0.15) is 35.4 Å². The first-order chi connectivity index (χ1) is 5.27. The van der Waals surface area contributed by atoms with Crippen LogP contribution in [0.4, 0.5) is 0 Å². The second-order valence-electron chi connectivity index (χ2n) is 3.53. The molecular weight excluding hydrogens is 132 g/mol. The number of rotatable bonds is 1. The van der Waals surface area contributed by atoms with E-state index in [9.17, 15) is 0 Å². The first-order valence-corrected chi connectivity index (χ1v) is 4.26. The highest BCUT2D eigenvalue weighted by molar-refractivity contribution is 5.34. The highest BCUT2D eigenvalue weighted by atomic mass is 14.3. The molecule has 1 aromatic rings. The summed E-state index contributed by atoms with van der Waals surface area (Å²) >= 11 is 0. The molecule has 1 saturated carbocycles. The van der Waals surface area contributed by atoms with Crippen LogP contribution >= 0.6 is 0 Å². The Labute approximate surface area is 68.3 Å². The number of aryl methyl sites for hydroxylation is 2. The van der Waals surface area contributed by atoms with Gasteiger partial charge in [0.25, 0.3) is 0 Å². The first kappa shape index (κ1) is 6.90. The maximum Gasteiger partial charge on any atom is -0.0149 e. The Morgan fingerprint density at radius 3 is 2.64 bits per heavy atom. The summed E-state index contributed by atoms with van der Waals surface area (Å²) in [6, 6.07) is 7.66. The molecule has 1 aliphatic rings. The Bertz CT molecular complexity index is 269. The fraction of sp³-hybridized carbons (Fsp3) is 0.455. The Morgan fingerprint density at radius 1 is 1.36 bits per heavy atom. The number of hydrogen-bond donors (Lipinski definition) is 0. The van der Waals surface area contributed by atoms with Crippen LogP contribution in [0.5, 0.6) is 0 Å². The number of benzene rings is 1. The molecule has 0 aromatic heterocycles. The minimum atomic E-state index is 0.867. The van der Waals surface area contributed by atoms with Gasteiger partial charge >= 0.3 is 0 Å². The van der Waals surface area contributed by atoms with E-state index in [0.717, 1.165) is 5.92 Å². The summed E-state index contributed by atoms with van der Waals surface area (Å²) in [4.78, 5) is 0. The van der Waals surface area contributed by atoms with Gasteiger partial charge < -0.3 is 0 Å². The summed E-state index contributed by atoms with van der Waals surface area (Å²) in [5.74, 6) is 0.867. The van der Waals surface area contributed by atoms with Gasteiger partial charge in [-0.3, -0.25) is 0 Å². The van der Waals surface area contributed by atoms with Crippen LogP contribution < -0.4 is 0 Å². The predicted octanol–water partition coefficient (Wildman–Crippen LogP) is 2.98. The summed E-state index contributed by atoms with van der Waals surface area (Å²) in [5, 5.41) is 0. The average molecular weight is 145 g/mol. The lowest BCUT2D eigenvalue weighted by Gasteiger charge is -2.03. The molecule has 0 bridgehead atoms. The van der Waals surface area contributed by atoms with Gasteiger partial charge in [0, 0.05) is 0 Å². The lowest BCUT2D eigenvalue weighted by Crippen LogP contribution is -1.86. The molecule has 0 unspecified atom stereocenters. The Balaban J connectivity index is 2.39. The molecule has 0 saturated heterocycles. The van der Waals surface area contributed by atoms with Crippen molar-refractivity contribution < 1.29 is 0 Å². The zero-order valence-corrected chi connectivity index (χ0v) is 7.15. The standard InChI is InChI=1S/C11H13/c1-8-3-6-11(9(2)7-8)10-4-5-10/h6-7,10H,4-5H2,1-2H3. The molecule has 2 rings (SSSR count). The van der Waals surface area contributed by atoms with Crippen molar-refractivity contribution in [3.05, 3.63) is 34.9 Å². The van der Waals surface area contributed by atoms with E-state index in [1.54, 1.807) is 0 Å².